The van der Waals surface area contributed by atoms with Crippen LogP contribution in [0.1, 0.15) is 22.7 Å². The zero-order chi connectivity index (χ0) is 12.0. The zero-order valence-electron chi connectivity index (χ0n) is 8.87. The summed E-state index contributed by atoms with van der Waals surface area (Å²) >= 11 is 0. The molecule has 0 spiro atoms. The number of hydrogen-bond donors (Lipinski definition) is 1. The monoisotopic (exact) mass is 234 g/mol. The van der Waals surface area contributed by atoms with E-state index < -0.39 is 5.97 Å². The van der Waals surface area contributed by atoms with Gasteiger partial charge in [-0.2, -0.15) is 0 Å². The molecule has 2 heterocycles. The maximum Gasteiger partial charge on any atom is 0.358 e. The SMILES string of the molecule is O=C(O)c1cc(CN2C(=O)C3C=CC2C3)on1. The topological polar surface area (TPSA) is 83.6 Å². The summed E-state index contributed by atoms with van der Waals surface area (Å²) in [4.78, 5) is 24.1. The molecule has 0 saturated carbocycles. The second-order valence-corrected chi connectivity index (χ2v) is 4.24. The number of likely N-dealkylation sites (tertiary alicyclic amines) is 1. The van der Waals surface area contributed by atoms with Crippen molar-refractivity contribution in [1.29, 1.82) is 0 Å². The summed E-state index contributed by atoms with van der Waals surface area (Å²) in [6.07, 6.45) is 4.74. The van der Waals surface area contributed by atoms with E-state index in [1.807, 2.05) is 12.2 Å². The Kier molecular flexibility index (Phi) is 2.04. The third-order valence-corrected chi connectivity index (χ3v) is 3.17. The average molecular weight is 234 g/mol. The van der Waals surface area contributed by atoms with E-state index in [0.29, 0.717) is 5.76 Å². The summed E-state index contributed by atoms with van der Waals surface area (Å²) in [5, 5.41) is 12.1. The number of carboxylic acid groups (broad SMARTS) is 1. The molecule has 1 aromatic heterocycles. The van der Waals surface area contributed by atoms with E-state index in [-0.39, 0.29) is 30.1 Å². The molecule has 2 atom stereocenters. The Morgan fingerprint density at radius 2 is 2.41 bits per heavy atom. The summed E-state index contributed by atoms with van der Waals surface area (Å²) in [7, 11) is 0. The van der Waals surface area contributed by atoms with Crippen molar-refractivity contribution in [1.82, 2.24) is 10.1 Å². The Morgan fingerprint density at radius 3 is 3.00 bits per heavy atom. The van der Waals surface area contributed by atoms with Crippen LogP contribution in [0, 0.1) is 5.92 Å². The lowest BCUT2D eigenvalue weighted by Gasteiger charge is -2.22. The highest BCUT2D eigenvalue weighted by atomic mass is 16.5. The molecule has 1 N–H and O–H groups in total. The third kappa shape index (κ3) is 1.52. The van der Waals surface area contributed by atoms with Crippen molar-refractivity contribution in [3.8, 4) is 0 Å². The van der Waals surface area contributed by atoms with Crippen molar-refractivity contribution < 1.29 is 19.2 Å². The number of carbonyl (C=O) groups is 2. The first-order valence-electron chi connectivity index (χ1n) is 5.33. The van der Waals surface area contributed by atoms with Crippen molar-refractivity contribution in [2.45, 2.75) is 19.0 Å². The van der Waals surface area contributed by atoms with E-state index in [4.69, 9.17) is 9.63 Å². The van der Waals surface area contributed by atoms with Crippen LogP contribution in [0.25, 0.3) is 0 Å². The van der Waals surface area contributed by atoms with Crippen molar-refractivity contribution in [3.05, 3.63) is 29.7 Å². The van der Waals surface area contributed by atoms with Gasteiger partial charge in [0.2, 0.25) is 5.91 Å². The van der Waals surface area contributed by atoms with Gasteiger partial charge >= 0.3 is 5.97 Å². The second kappa shape index (κ2) is 3.44. The Labute approximate surface area is 96.5 Å². The van der Waals surface area contributed by atoms with Gasteiger partial charge in [-0.15, -0.1) is 0 Å². The van der Waals surface area contributed by atoms with Crippen molar-refractivity contribution in [3.63, 3.8) is 0 Å². The van der Waals surface area contributed by atoms with Crippen LogP contribution in [0.15, 0.2) is 22.7 Å². The summed E-state index contributed by atoms with van der Waals surface area (Å²) in [6.45, 7) is 0.282. The van der Waals surface area contributed by atoms with E-state index >= 15 is 0 Å². The van der Waals surface area contributed by atoms with Crippen LogP contribution in [-0.2, 0) is 11.3 Å². The molecule has 1 aromatic rings. The zero-order valence-corrected chi connectivity index (χ0v) is 8.87. The van der Waals surface area contributed by atoms with Crippen LogP contribution in [0.5, 0.6) is 0 Å². The highest BCUT2D eigenvalue weighted by Crippen LogP contribution is 2.33. The predicted molar refractivity (Wildman–Crippen MR) is 55.0 cm³/mol. The summed E-state index contributed by atoms with van der Waals surface area (Å²) in [6, 6.07) is 1.47. The minimum absolute atomic E-state index is 0.0122. The minimum atomic E-state index is -1.13. The molecule has 6 heteroatoms. The number of amides is 1. The number of rotatable bonds is 3. The Bertz CT molecular complexity index is 519. The van der Waals surface area contributed by atoms with Crippen molar-refractivity contribution in [2.24, 2.45) is 5.92 Å². The molecule has 88 valence electrons. The van der Waals surface area contributed by atoms with E-state index in [1.165, 1.54) is 6.07 Å². The van der Waals surface area contributed by atoms with E-state index in [1.54, 1.807) is 4.90 Å². The first kappa shape index (κ1) is 10.1. The number of fused-ring (bicyclic) bond motifs is 2. The molecule has 1 aliphatic heterocycles. The standard InChI is InChI=1S/C11H10N2O4/c14-10-6-1-2-7(3-6)13(10)5-8-4-9(11(15)16)12-17-8/h1-2,4,6-7H,3,5H2,(H,15,16). The van der Waals surface area contributed by atoms with Gasteiger partial charge in [0.05, 0.1) is 18.5 Å². The van der Waals surface area contributed by atoms with Gasteiger partial charge in [-0.05, 0) is 6.42 Å². The van der Waals surface area contributed by atoms with Gasteiger partial charge in [0.15, 0.2) is 11.5 Å². The van der Waals surface area contributed by atoms with Crippen LogP contribution < -0.4 is 0 Å². The van der Waals surface area contributed by atoms with Gasteiger partial charge in [-0.25, -0.2) is 4.79 Å². The lowest BCUT2D eigenvalue weighted by molar-refractivity contribution is -0.131. The van der Waals surface area contributed by atoms with Gasteiger partial charge in [0, 0.05) is 6.07 Å². The number of carboxylic acids is 1. The fraction of sp³-hybridized carbons (Fsp3) is 0.364. The number of aromatic carboxylic acids is 1. The molecule has 2 bridgehead atoms. The molecule has 6 nitrogen and oxygen atoms in total. The largest absolute Gasteiger partial charge is 0.476 e. The molecule has 1 amide bonds. The molecule has 1 aliphatic carbocycles. The molecule has 1 fully saturated rings. The van der Waals surface area contributed by atoms with Crippen molar-refractivity contribution >= 4 is 11.9 Å². The van der Waals surface area contributed by atoms with Crippen LogP contribution in [0.4, 0.5) is 0 Å². The Balaban J connectivity index is 1.77. The second-order valence-electron chi connectivity index (χ2n) is 4.24. The molecule has 17 heavy (non-hydrogen) atoms. The lowest BCUT2D eigenvalue weighted by atomic mass is 10.1. The number of aromatic nitrogens is 1. The summed E-state index contributed by atoms with van der Waals surface area (Å²) < 4.78 is 4.90. The summed E-state index contributed by atoms with van der Waals surface area (Å²) in [5.74, 6) is -0.668. The first-order valence-corrected chi connectivity index (χ1v) is 5.33. The van der Waals surface area contributed by atoms with E-state index in [2.05, 4.69) is 5.16 Å². The van der Waals surface area contributed by atoms with Crippen LogP contribution in [0.3, 0.4) is 0 Å². The van der Waals surface area contributed by atoms with Crippen LogP contribution in [-0.4, -0.2) is 33.1 Å². The van der Waals surface area contributed by atoms with Crippen LogP contribution in [0.2, 0.25) is 0 Å². The third-order valence-electron chi connectivity index (χ3n) is 3.17. The maximum absolute atomic E-state index is 11.8. The molecule has 2 aliphatic rings. The lowest BCUT2D eigenvalue weighted by Crippen LogP contribution is -2.33. The maximum atomic E-state index is 11.8. The highest BCUT2D eigenvalue weighted by molar-refractivity contribution is 5.86. The first-order chi connectivity index (χ1) is 8.15. The molecular formula is C11H10N2O4. The molecule has 0 aromatic carbocycles. The molecule has 1 saturated heterocycles. The number of hydrogen-bond acceptors (Lipinski definition) is 4. The van der Waals surface area contributed by atoms with Crippen LogP contribution >= 0.6 is 0 Å². The quantitative estimate of drug-likeness (QED) is 0.776. The predicted octanol–water partition coefficient (Wildman–Crippen LogP) is 0.660. The van der Waals surface area contributed by atoms with Crippen molar-refractivity contribution in [2.75, 3.05) is 0 Å². The van der Waals surface area contributed by atoms with Gasteiger partial charge < -0.3 is 14.5 Å². The van der Waals surface area contributed by atoms with Gasteiger partial charge in [0.1, 0.15) is 0 Å². The van der Waals surface area contributed by atoms with Gasteiger partial charge in [0.25, 0.3) is 0 Å². The number of carbonyl (C=O) groups excluding carboxylic acids is 1. The van der Waals surface area contributed by atoms with E-state index in [9.17, 15) is 9.59 Å². The fourth-order valence-corrected chi connectivity index (χ4v) is 2.32. The summed E-state index contributed by atoms with van der Waals surface area (Å²) in [5.41, 5.74) is -0.132. The van der Waals surface area contributed by atoms with Gasteiger partial charge in [-0.1, -0.05) is 17.3 Å². The normalized spacial score (nSPS) is 25.9. The molecule has 0 radical (unpaired) electrons. The molecule has 3 rings (SSSR count). The Hall–Kier alpha value is -2.11. The minimum Gasteiger partial charge on any atom is -0.476 e. The highest BCUT2D eigenvalue weighted by Gasteiger charge is 2.41. The van der Waals surface area contributed by atoms with E-state index in [0.717, 1.165) is 6.42 Å². The smallest absolute Gasteiger partial charge is 0.358 e. The molecule has 2 unspecified atom stereocenters. The molecular weight excluding hydrogens is 224 g/mol. The Morgan fingerprint density at radius 1 is 1.59 bits per heavy atom. The van der Waals surface area contributed by atoms with Gasteiger partial charge in [-0.3, -0.25) is 4.79 Å². The fourth-order valence-electron chi connectivity index (χ4n) is 2.32. The average Bonchev–Trinajstić information content (AvgIpc) is 2.97. The number of nitrogens with zero attached hydrogens (tertiary/aromatic N) is 2.